The van der Waals surface area contributed by atoms with Crippen LogP contribution in [0.5, 0.6) is 0 Å². The van der Waals surface area contributed by atoms with Gasteiger partial charge in [-0.3, -0.25) is 0 Å². The van der Waals surface area contributed by atoms with Crippen LogP contribution in [0.3, 0.4) is 0 Å². The minimum atomic E-state index is -1.48. The van der Waals surface area contributed by atoms with E-state index in [1.807, 2.05) is 6.92 Å². The average molecular weight is 493 g/mol. The van der Waals surface area contributed by atoms with Gasteiger partial charge in [-0.15, -0.1) is 0 Å². The van der Waals surface area contributed by atoms with Crippen molar-refractivity contribution in [2.45, 2.75) is 130 Å². The Morgan fingerprint density at radius 2 is 1.51 bits per heavy atom. The van der Waals surface area contributed by atoms with Crippen molar-refractivity contribution in [2.75, 3.05) is 0 Å². The van der Waals surface area contributed by atoms with E-state index < -0.39 is 23.9 Å². The van der Waals surface area contributed by atoms with Gasteiger partial charge in [0, 0.05) is 5.41 Å². The number of aliphatic hydroxyl groups is 5. The summed E-state index contributed by atoms with van der Waals surface area (Å²) in [6.07, 6.45) is 5.68. The maximum absolute atomic E-state index is 11.1. The Morgan fingerprint density at radius 1 is 0.886 bits per heavy atom. The zero-order valence-electron chi connectivity index (χ0n) is 23.4. The summed E-state index contributed by atoms with van der Waals surface area (Å²) in [5.74, 6) is 1.13. The van der Waals surface area contributed by atoms with Gasteiger partial charge in [-0.2, -0.15) is 0 Å². The van der Waals surface area contributed by atoms with E-state index in [0.717, 1.165) is 44.9 Å². The molecule has 5 N–H and O–H groups in total. The highest BCUT2D eigenvalue weighted by Crippen LogP contribution is 2.75. The first-order chi connectivity index (χ1) is 15.9. The number of rotatable bonds is 5. The summed E-state index contributed by atoms with van der Waals surface area (Å²) < 4.78 is 0. The summed E-state index contributed by atoms with van der Waals surface area (Å²) in [7, 11) is 0. The Morgan fingerprint density at radius 3 is 2.11 bits per heavy atom. The molecule has 0 unspecified atom stereocenters. The van der Waals surface area contributed by atoms with E-state index in [1.165, 1.54) is 19.4 Å². The molecule has 4 rings (SSSR count). The van der Waals surface area contributed by atoms with Gasteiger partial charge in [-0.25, -0.2) is 0 Å². The van der Waals surface area contributed by atoms with E-state index in [2.05, 4.69) is 40.7 Å². The van der Waals surface area contributed by atoms with Gasteiger partial charge in [0.25, 0.3) is 0 Å². The van der Waals surface area contributed by atoms with Crippen LogP contribution in [0.25, 0.3) is 0 Å². The molecule has 3 fully saturated rings. The van der Waals surface area contributed by atoms with E-state index in [9.17, 15) is 25.5 Å². The Kier molecular flexibility index (Phi) is 6.72. The van der Waals surface area contributed by atoms with Crippen molar-refractivity contribution in [2.24, 2.45) is 45.3 Å². The van der Waals surface area contributed by atoms with Crippen LogP contribution in [0.4, 0.5) is 0 Å². The third-order valence-corrected chi connectivity index (χ3v) is 12.5. The molecule has 0 saturated heterocycles. The van der Waals surface area contributed by atoms with Crippen LogP contribution in [0, 0.1) is 45.3 Å². The molecule has 0 amide bonds. The first kappa shape index (κ1) is 27.6. The van der Waals surface area contributed by atoms with Crippen LogP contribution < -0.4 is 0 Å². The lowest BCUT2D eigenvalue weighted by Crippen LogP contribution is -2.60. The summed E-state index contributed by atoms with van der Waals surface area (Å²) in [5.41, 5.74) is 0.209. The van der Waals surface area contributed by atoms with Crippen LogP contribution in [-0.4, -0.2) is 55.5 Å². The highest BCUT2D eigenvalue weighted by Gasteiger charge is 2.67. The molecule has 11 atom stereocenters. The quantitative estimate of drug-likeness (QED) is 0.365. The second-order valence-corrected chi connectivity index (χ2v) is 14.7. The molecule has 0 heterocycles. The maximum Gasteiger partial charge on any atom is 0.110 e. The van der Waals surface area contributed by atoms with Gasteiger partial charge in [0.1, 0.15) is 12.2 Å². The number of fused-ring (bicyclic) bond motifs is 5. The van der Waals surface area contributed by atoms with E-state index in [-0.39, 0.29) is 39.6 Å². The highest BCUT2D eigenvalue weighted by atomic mass is 16.4. The first-order valence-corrected chi connectivity index (χ1v) is 14.1. The number of allylic oxidation sites excluding steroid dienone is 1. The van der Waals surface area contributed by atoms with E-state index in [1.54, 1.807) is 0 Å². The van der Waals surface area contributed by atoms with Crippen molar-refractivity contribution in [1.82, 2.24) is 0 Å². The van der Waals surface area contributed by atoms with Crippen LogP contribution >= 0.6 is 0 Å². The highest BCUT2D eigenvalue weighted by molar-refractivity contribution is 5.30. The van der Waals surface area contributed by atoms with E-state index in [4.69, 9.17) is 0 Å². The largest absolute Gasteiger partial charge is 0.392 e. The van der Waals surface area contributed by atoms with Crippen molar-refractivity contribution < 1.29 is 25.5 Å². The Bertz CT molecular complexity index is 844. The molecule has 4 aliphatic rings. The molecule has 0 radical (unpaired) electrons. The zero-order chi connectivity index (χ0) is 26.4. The summed E-state index contributed by atoms with van der Waals surface area (Å²) in [5, 5.41) is 53.3. The molecule has 0 aromatic heterocycles. The lowest BCUT2D eigenvalue weighted by atomic mass is 9.39. The van der Waals surface area contributed by atoms with Crippen molar-refractivity contribution >= 4 is 0 Å². The molecule has 4 aliphatic carbocycles. The fraction of sp³-hybridized carbons (Fsp3) is 0.933. The SMILES string of the molecule is C[C@H]([C@H](O)[C@@H](O)[C@@H](O)C(C)(C)O)[C@H]1CC[C@@]2(C)[C@@H]3CC=C4[C@@H](CC[C@H](O)C4(C)C)[C@]3(C)CC[C@]12C. The summed E-state index contributed by atoms with van der Waals surface area (Å²) in [6.45, 7) is 16.8. The van der Waals surface area contributed by atoms with Gasteiger partial charge >= 0.3 is 0 Å². The fourth-order valence-corrected chi connectivity index (χ4v) is 9.72. The topological polar surface area (TPSA) is 101 Å². The van der Waals surface area contributed by atoms with E-state index >= 15 is 0 Å². The van der Waals surface area contributed by atoms with Crippen molar-refractivity contribution in [3.05, 3.63) is 11.6 Å². The molecule has 0 aliphatic heterocycles. The minimum absolute atomic E-state index is 0.0338. The predicted molar refractivity (Wildman–Crippen MR) is 138 cm³/mol. The van der Waals surface area contributed by atoms with Gasteiger partial charge < -0.3 is 25.5 Å². The van der Waals surface area contributed by atoms with Crippen LogP contribution in [0.15, 0.2) is 11.6 Å². The van der Waals surface area contributed by atoms with Gasteiger partial charge in [-0.1, -0.05) is 53.2 Å². The molecule has 202 valence electrons. The molecule has 0 aromatic carbocycles. The number of hydrogen-bond donors (Lipinski definition) is 5. The molecule has 0 spiro atoms. The lowest BCUT2D eigenvalue weighted by molar-refractivity contribution is -0.171. The monoisotopic (exact) mass is 492 g/mol. The number of hydrogen-bond acceptors (Lipinski definition) is 5. The standard InChI is InChI=1S/C30H52O5/c1-17(23(32)24(33)25(34)27(4,5)35)18-13-14-30(8)21-11-9-19-20(10-12-22(31)26(19,2)3)28(21,6)15-16-29(18,30)7/h9,17-18,20-25,31-35H,10-16H2,1-8H3/t17-,18+,20+,21+,22-,23-,24+,25+,28-,29+,30-/m0/s1. The van der Waals surface area contributed by atoms with Crippen LogP contribution in [0.2, 0.25) is 0 Å². The molecular formula is C30H52O5. The summed E-state index contributed by atoms with van der Waals surface area (Å²) >= 11 is 0. The Balaban J connectivity index is 1.63. The van der Waals surface area contributed by atoms with Gasteiger partial charge in [0.15, 0.2) is 0 Å². The number of aliphatic hydroxyl groups excluding tert-OH is 4. The van der Waals surface area contributed by atoms with E-state index in [0.29, 0.717) is 11.8 Å². The van der Waals surface area contributed by atoms with Crippen molar-refractivity contribution in [1.29, 1.82) is 0 Å². The Labute approximate surface area is 213 Å². The fourth-order valence-electron chi connectivity index (χ4n) is 9.72. The molecule has 0 bridgehead atoms. The zero-order valence-corrected chi connectivity index (χ0v) is 23.4. The van der Waals surface area contributed by atoms with Crippen molar-refractivity contribution in [3.8, 4) is 0 Å². The summed E-state index contributed by atoms with van der Waals surface area (Å²) in [6, 6.07) is 0. The Hall–Kier alpha value is -0.460. The smallest absolute Gasteiger partial charge is 0.110 e. The molecular weight excluding hydrogens is 440 g/mol. The second-order valence-electron chi connectivity index (χ2n) is 14.7. The van der Waals surface area contributed by atoms with Crippen molar-refractivity contribution in [3.63, 3.8) is 0 Å². The second kappa shape index (κ2) is 8.53. The third kappa shape index (κ3) is 3.81. The van der Waals surface area contributed by atoms with Gasteiger partial charge in [-0.05, 0) is 98.7 Å². The third-order valence-electron chi connectivity index (χ3n) is 12.5. The van der Waals surface area contributed by atoms with Crippen LogP contribution in [-0.2, 0) is 0 Å². The molecule has 5 nitrogen and oxygen atoms in total. The molecule has 35 heavy (non-hydrogen) atoms. The lowest BCUT2D eigenvalue weighted by Gasteiger charge is -2.66. The first-order valence-electron chi connectivity index (χ1n) is 14.1. The predicted octanol–water partition coefficient (Wildman–Crippen LogP) is 4.44. The van der Waals surface area contributed by atoms with Gasteiger partial charge in [0.05, 0.1) is 17.8 Å². The molecule has 0 aromatic rings. The molecule has 5 heteroatoms. The maximum atomic E-state index is 11.1. The average Bonchev–Trinajstić information content (AvgIpc) is 3.05. The normalized spacial score (nSPS) is 46.5. The van der Waals surface area contributed by atoms with Gasteiger partial charge in [0.2, 0.25) is 0 Å². The molecule has 3 saturated carbocycles. The minimum Gasteiger partial charge on any atom is -0.392 e. The summed E-state index contributed by atoms with van der Waals surface area (Å²) in [4.78, 5) is 0. The van der Waals surface area contributed by atoms with Crippen LogP contribution in [0.1, 0.15) is 100 Å².